The number of nitrogens with one attached hydrogen (secondary N) is 1. The molecule has 2 N–H and O–H groups in total. The lowest BCUT2D eigenvalue weighted by Gasteiger charge is -2.45. The molecule has 4 nitrogen and oxygen atoms in total. The number of aliphatic carboxylic acids is 1. The molecule has 0 radical (unpaired) electrons. The molecule has 2 atom stereocenters. The predicted molar refractivity (Wildman–Crippen MR) is 219 cm³/mol. The zero-order valence-electron chi connectivity index (χ0n) is 34.5. The van der Waals surface area contributed by atoms with Gasteiger partial charge in [0.2, 0.25) is 0 Å². The number of unbranched alkanes of at least 4 members (excludes halogenated alkanes) is 27. The second-order valence-corrected chi connectivity index (χ2v) is 15.8. The quantitative estimate of drug-likeness (QED) is 0.0626. The Morgan fingerprint density at radius 3 is 1.10 bits per heavy atom. The molecular formula is C45H92N2O2. The van der Waals surface area contributed by atoms with Crippen molar-refractivity contribution in [2.45, 2.75) is 265 Å². The van der Waals surface area contributed by atoms with Crippen molar-refractivity contribution in [3.8, 4) is 0 Å². The lowest BCUT2D eigenvalue weighted by atomic mass is 9.81. The first-order chi connectivity index (χ1) is 24.0. The fourth-order valence-electron chi connectivity index (χ4n) is 8.06. The molecule has 0 saturated heterocycles. The normalized spacial score (nSPS) is 13.7. The molecule has 294 valence electrons. The monoisotopic (exact) mass is 693 g/mol. The lowest BCUT2D eigenvalue weighted by molar-refractivity contribution is -0.149. The smallest absolute Gasteiger partial charge is 0.325 e. The van der Waals surface area contributed by atoms with Crippen LogP contribution in [-0.2, 0) is 4.79 Å². The Balaban J connectivity index is 5.22. The van der Waals surface area contributed by atoms with Crippen molar-refractivity contribution >= 4 is 5.97 Å². The molecule has 0 amide bonds. The van der Waals surface area contributed by atoms with Crippen LogP contribution in [0.5, 0.6) is 0 Å². The molecule has 0 aromatic heterocycles. The highest BCUT2D eigenvalue weighted by Gasteiger charge is 2.46. The van der Waals surface area contributed by atoms with E-state index in [1.165, 1.54) is 186 Å². The van der Waals surface area contributed by atoms with Crippen LogP contribution in [0.3, 0.4) is 0 Å². The van der Waals surface area contributed by atoms with E-state index in [9.17, 15) is 9.90 Å². The van der Waals surface area contributed by atoms with E-state index in [1.807, 2.05) is 0 Å². The number of carbonyl (C=O) groups is 1. The Bertz CT molecular complexity index is 646. The number of hydrogen-bond acceptors (Lipinski definition) is 3. The molecule has 0 bridgehead atoms. The van der Waals surface area contributed by atoms with E-state index in [0.29, 0.717) is 0 Å². The van der Waals surface area contributed by atoms with Gasteiger partial charge in [-0.25, -0.2) is 0 Å². The summed E-state index contributed by atoms with van der Waals surface area (Å²) >= 11 is 0. The fourth-order valence-corrected chi connectivity index (χ4v) is 8.06. The van der Waals surface area contributed by atoms with E-state index in [-0.39, 0.29) is 6.04 Å². The first-order valence-electron chi connectivity index (χ1n) is 22.8. The average Bonchev–Trinajstić information content (AvgIpc) is 3.09. The van der Waals surface area contributed by atoms with Crippen LogP contribution in [0.15, 0.2) is 0 Å². The number of hydrogen-bond donors (Lipinski definition) is 2. The third-order valence-corrected chi connectivity index (χ3v) is 11.2. The maximum absolute atomic E-state index is 13.3. The van der Waals surface area contributed by atoms with Crippen molar-refractivity contribution in [2.24, 2.45) is 0 Å². The van der Waals surface area contributed by atoms with Gasteiger partial charge in [-0.1, -0.05) is 221 Å². The Morgan fingerprint density at radius 2 is 0.796 bits per heavy atom. The molecule has 2 unspecified atom stereocenters. The summed E-state index contributed by atoms with van der Waals surface area (Å²) in [4.78, 5) is 16.0. The number of rotatable bonds is 41. The van der Waals surface area contributed by atoms with Crippen LogP contribution in [-0.4, -0.2) is 47.2 Å². The summed E-state index contributed by atoms with van der Waals surface area (Å²) in [6, 6.07) is 0.0650. The van der Waals surface area contributed by atoms with Gasteiger partial charge in [-0.05, 0) is 51.7 Å². The van der Waals surface area contributed by atoms with Crippen LogP contribution in [0.1, 0.15) is 253 Å². The van der Waals surface area contributed by atoms with Crippen molar-refractivity contribution in [3.05, 3.63) is 0 Å². The Kier molecular flexibility index (Phi) is 36.7. The van der Waals surface area contributed by atoms with Gasteiger partial charge in [-0.3, -0.25) is 9.69 Å². The van der Waals surface area contributed by atoms with Crippen molar-refractivity contribution in [2.75, 3.05) is 19.6 Å². The van der Waals surface area contributed by atoms with Gasteiger partial charge in [0.1, 0.15) is 5.54 Å². The van der Waals surface area contributed by atoms with Crippen LogP contribution in [0.4, 0.5) is 0 Å². The summed E-state index contributed by atoms with van der Waals surface area (Å²) in [5.74, 6) is -0.615. The third-order valence-electron chi connectivity index (χ3n) is 11.2. The van der Waals surface area contributed by atoms with E-state index in [4.69, 9.17) is 0 Å². The first-order valence-corrected chi connectivity index (χ1v) is 22.8. The van der Waals surface area contributed by atoms with Gasteiger partial charge < -0.3 is 10.4 Å². The third kappa shape index (κ3) is 26.8. The Hall–Kier alpha value is -0.610. The minimum absolute atomic E-state index is 0.0650. The van der Waals surface area contributed by atoms with Gasteiger partial charge in [0, 0.05) is 6.04 Å². The molecule has 0 heterocycles. The van der Waals surface area contributed by atoms with Gasteiger partial charge in [0.05, 0.1) is 0 Å². The molecule has 0 spiro atoms. The maximum Gasteiger partial charge on any atom is 0.325 e. The molecular weight excluding hydrogens is 601 g/mol. The molecule has 0 aliphatic carbocycles. The largest absolute Gasteiger partial charge is 0.480 e. The molecule has 0 aliphatic heterocycles. The summed E-state index contributed by atoms with van der Waals surface area (Å²) in [5, 5.41) is 14.7. The molecule has 0 aromatic carbocycles. The number of carboxylic acid groups (broad SMARTS) is 1. The second kappa shape index (κ2) is 37.2. The van der Waals surface area contributed by atoms with Crippen molar-refractivity contribution in [3.63, 3.8) is 0 Å². The highest BCUT2D eigenvalue weighted by molar-refractivity contribution is 5.80. The number of nitrogens with zero attached hydrogens (tertiary/aromatic N) is 1. The summed E-state index contributed by atoms with van der Waals surface area (Å²) in [6.07, 6.45) is 43.7. The summed E-state index contributed by atoms with van der Waals surface area (Å²) in [6.45, 7) is 14.2. The Morgan fingerprint density at radius 1 is 0.469 bits per heavy atom. The molecule has 0 fully saturated rings. The molecule has 0 aliphatic rings. The average molecular weight is 693 g/mol. The van der Waals surface area contributed by atoms with Crippen LogP contribution in [0.25, 0.3) is 0 Å². The van der Waals surface area contributed by atoms with Crippen LogP contribution in [0, 0.1) is 0 Å². The van der Waals surface area contributed by atoms with Gasteiger partial charge in [0.25, 0.3) is 0 Å². The minimum Gasteiger partial charge on any atom is -0.480 e. The van der Waals surface area contributed by atoms with Crippen molar-refractivity contribution < 1.29 is 9.90 Å². The molecule has 0 aromatic rings. The predicted octanol–water partition coefficient (Wildman–Crippen LogP) is 14.4. The van der Waals surface area contributed by atoms with Crippen molar-refractivity contribution in [1.29, 1.82) is 0 Å². The summed E-state index contributed by atoms with van der Waals surface area (Å²) in [5.41, 5.74) is -0.846. The highest BCUT2D eigenvalue weighted by atomic mass is 16.4. The zero-order chi connectivity index (χ0) is 36.1. The second-order valence-electron chi connectivity index (χ2n) is 15.8. The van der Waals surface area contributed by atoms with E-state index in [2.05, 4.69) is 44.8 Å². The lowest BCUT2D eigenvalue weighted by Crippen LogP contribution is -2.65. The van der Waals surface area contributed by atoms with Gasteiger partial charge >= 0.3 is 5.97 Å². The zero-order valence-corrected chi connectivity index (χ0v) is 34.5. The van der Waals surface area contributed by atoms with E-state index >= 15 is 0 Å². The standard InChI is InChI=1S/C45H92N2O2/c1-6-11-14-17-20-23-26-29-32-35-40-46-45(39-10-5,44(48)49)43(38-9-4)47(41-36-33-30-27-24-21-18-15-12-7-2)42-37-34-31-28-25-22-19-16-13-8-3/h43,46H,6-42H2,1-5H3,(H,48,49). The number of carboxylic acids is 1. The van der Waals surface area contributed by atoms with Crippen LogP contribution < -0.4 is 5.32 Å². The maximum atomic E-state index is 13.3. The van der Waals surface area contributed by atoms with E-state index in [0.717, 1.165) is 51.7 Å². The van der Waals surface area contributed by atoms with E-state index in [1.54, 1.807) is 0 Å². The molecule has 0 saturated carbocycles. The SMILES string of the molecule is CCCCCCCCCCCCNC(CCC)(C(=O)O)C(CCC)N(CCCCCCCCCCCC)CCCCCCCCCCCC. The molecule has 49 heavy (non-hydrogen) atoms. The van der Waals surface area contributed by atoms with Crippen LogP contribution in [0.2, 0.25) is 0 Å². The van der Waals surface area contributed by atoms with Crippen molar-refractivity contribution in [1.82, 2.24) is 10.2 Å². The highest BCUT2D eigenvalue weighted by Crippen LogP contribution is 2.29. The summed E-state index contributed by atoms with van der Waals surface area (Å²) in [7, 11) is 0. The summed E-state index contributed by atoms with van der Waals surface area (Å²) < 4.78 is 0. The van der Waals surface area contributed by atoms with Gasteiger partial charge in [-0.15, -0.1) is 0 Å². The first kappa shape index (κ1) is 48.4. The molecule has 0 rings (SSSR count). The minimum atomic E-state index is -0.846. The Labute approximate surface area is 309 Å². The van der Waals surface area contributed by atoms with Gasteiger partial charge in [-0.2, -0.15) is 0 Å². The topological polar surface area (TPSA) is 52.6 Å². The molecule has 4 heteroatoms. The fraction of sp³-hybridized carbons (Fsp3) is 0.978. The van der Waals surface area contributed by atoms with Crippen LogP contribution >= 0.6 is 0 Å². The van der Waals surface area contributed by atoms with E-state index < -0.39 is 11.5 Å². The van der Waals surface area contributed by atoms with Gasteiger partial charge in [0.15, 0.2) is 0 Å².